The van der Waals surface area contributed by atoms with Crippen LogP contribution in [0.25, 0.3) is 5.95 Å². The van der Waals surface area contributed by atoms with Gasteiger partial charge in [-0.3, -0.25) is 14.7 Å². The second-order valence-corrected chi connectivity index (χ2v) is 2.59. The van der Waals surface area contributed by atoms with Crippen LogP contribution in [0.1, 0.15) is 0 Å². The predicted octanol–water partition coefficient (Wildman–Crippen LogP) is 1.18. The van der Waals surface area contributed by atoms with Gasteiger partial charge in [0, 0.05) is 12.4 Å². The second-order valence-electron chi connectivity index (χ2n) is 2.59. The Labute approximate surface area is 79.0 Å². The van der Waals surface area contributed by atoms with E-state index in [4.69, 9.17) is 0 Å². The van der Waals surface area contributed by atoms with E-state index in [2.05, 4.69) is 9.97 Å². The third kappa shape index (κ3) is 1.45. The van der Waals surface area contributed by atoms with Gasteiger partial charge in [0.15, 0.2) is 0 Å². The zero-order valence-corrected chi connectivity index (χ0v) is 7.07. The predicted molar refractivity (Wildman–Crippen MR) is 48.0 cm³/mol. The van der Waals surface area contributed by atoms with E-state index in [1.54, 1.807) is 17.0 Å². The first kappa shape index (κ1) is 8.36. The van der Waals surface area contributed by atoms with Crippen LogP contribution in [0.3, 0.4) is 0 Å². The third-order valence-corrected chi connectivity index (χ3v) is 1.67. The van der Waals surface area contributed by atoms with E-state index in [-0.39, 0.29) is 5.69 Å². The topological polar surface area (TPSA) is 73.8 Å². The Bertz CT molecular complexity index is 435. The fraction of sp³-hybridized carbons (Fsp3) is 0. The smallest absolute Gasteiger partial charge is 0.293 e. The molecule has 0 atom stereocenters. The van der Waals surface area contributed by atoms with Crippen molar-refractivity contribution in [3.05, 3.63) is 47.0 Å². The summed E-state index contributed by atoms with van der Waals surface area (Å²) in [5.41, 5.74) is -0.110. The van der Waals surface area contributed by atoms with Crippen molar-refractivity contribution < 1.29 is 4.92 Å². The number of hydrogen-bond acceptors (Lipinski definition) is 4. The minimum Gasteiger partial charge on any atom is -0.293 e. The molecule has 2 heterocycles. The lowest BCUT2D eigenvalue weighted by atomic mass is 10.5. The van der Waals surface area contributed by atoms with Gasteiger partial charge in [-0.2, -0.15) is 0 Å². The van der Waals surface area contributed by atoms with Crippen LogP contribution in [0.4, 0.5) is 5.69 Å². The van der Waals surface area contributed by atoms with Gasteiger partial charge in [0.25, 0.3) is 0 Å². The molecule has 2 aromatic rings. The summed E-state index contributed by atoms with van der Waals surface area (Å²) in [4.78, 5) is 17.5. The molecule has 0 N–H and O–H groups in total. The first-order valence-electron chi connectivity index (χ1n) is 3.87. The maximum atomic E-state index is 10.3. The maximum absolute atomic E-state index is 10.3. The van der Waals surface area contributed by atoms with Gasteiger partial charge in [0.05, 0.1) is 4.92 Å². The Kier molecular flexibility index (Phi) is 1.94. The van der Waals surface area contributed by atoms with Gasteiger partial charge in [-0.15, -0.1) is 0 Å². The van der Waals surface area contributed by atoms with Gasteiger partial charge in [-0.25, -0.2) is 9.97 Å². The summed E-state index contributed by atoms with van der Waals surface area (Å²) in [5.74, 6) is 0.417. The number of nitro groups is 1. The van der Waals surface area contributed by atoms with E-state index in [1.165, 1.54) is 12.4 Å². The number of aromatic nitrogens is 3. The normalized spacial score (nSPS) is 10.0. The molecule has 0 spiro atoms. The van der Waals surface area contributed by atoms with Crippen molar-refractivity contribution >= 4 is 5.69 Å². The molecule has 0 unspecified atom stereocenters. The molecule has 0 radical (unpaired) electrons. The highest BCUT2D eigenvalue weighted by Gasteiger charge is 2.06. The standard InChI is InChI=1S/C8H6N4O2/c13-12(14)7-5-9-8(10-6-7)11-3-1-2-4-11/h1-6H. The lowest BCUT2D eigenvalue weighted by Crippen LogP contribution is -1.99. The molecule has 0 aromatic carbocycles. The molecule has 0 amide bonds. The SMILES string of the molecule is O=[N+]([O-])c1cnc(-n2cccc2)nc1. The second kappa shape index (κ2) is 3.25. The number of nitrogens with zero attached hydrogens (tertiary/aromatic N) is 4. The van der Waals surface area contributed by atoms with Gasteiger partial charge in [0.1, 0.15) is 12.4 Å². The lowest BCUT2D eigenvalue weighted by Gasteiger charge is -1.98. The highest BCUT2D eigenvalue weighted by Crippen LogP contribution is 2.08. The summed E-state index contributed by atoms with van der Waals surface area (Å²) in [6.07, 6.45) is 5.90. The fourth-order valence-corrected chi connectivity index (χ4v) is 1.01. The molecule has 0 saturated carbocycles. The minimum atomic E-state index is -0.528. The van der Waals surface area contributed by atoms with Crippen molar-refractivity contribution in [2.45, 2.75) is 0 Å². The molecule has 6 nitrogen and oxygen atoms in total. The van der Waals surface area contributed by atoms with Crippen LogP contribution >= 0.6 is 0 Å². The Morgan fingerprint density at radius 2 is 1.79 bits per heavy atom. The lowest BCUT2D eigenvalue weighted by molar-refractivity contribution is -0.385. The molecule has 70 valence electrons. The molecule has 0 aliphatic carbocycles. The largest absolute Gasteiger partial charge is 0.305 e. The molecule has 0 aliphatic heterocycles. The zero-order valence-electron chi connectivity index (χ0n) is 7.07. The van der Waals surface area contributed by atoms with Crippen molar-refractivity contribution in [1.82, 2.24) is 14.5 Å². The van der Waals surface area contributed by atoms with Crippen LogP contribution in [-0.2, 0) is 0 Å². The molecule has 2 aromatic heterocycles. The Hall–Kier alpha value is -2.24. The molecular formula is C8H6N4O2. The van der Waals surface area contributed by atoms with E-state index in [9.17, 15) is 10.1 Å². The molecular weight excluding hydrogens is 184 g/mol. The van der Waals surface area contributed by atoms with Crippen molar-refractivity contribution in [2.75, 3.05) is 0 Å². The van der Waals surface area contributed by atoms with Gasteiger partial charge in [-0.1, -0.05) is 0 Å². The molecule has 0 saturated heterocycles. The molecule has 0 aliphatic rings. The Morgan fingerprint density at radius 3 is 2.29 bits per heavy atom. The average molecular weight is 190 g/mol. The number of hydrogen-bond donors (Lipinski definition) is 0. The van der Waals surface area contributed by atoms with E-state index in [1.807, 2.05) is 12.1 Å². The minimum absolute atomic E-state index is 0.110. The summed E-state index contributed by atoms with van der Waals surface area (Å²) in [5, 5.41) is 10.3. The van der Waals surface area contributed by atoms with Crippen molar-refractivity contribution in [3.63, 3.8) is 0 Å². The fourth-order valence-electron chi connectivity index (χ4n) is 1.01. The maximum Gasteiger partial charge on any atom is 0.305 e. The molecule has 0 bridgehead atoms. The summed E-state index contributed by atoms with van der Waals surface area (Å²) < 4.78 is 1.67. The van der Waals surface area contributed by atoms with Crippen molar-refractivity contribution in [2.24, 2.45) is 0 Å². The molecule has 6 heteroatoms. The van der Waals surface area contributed by atoms with Crippen molar-refractivity contribution in [3.8, 4) is 5.95 Å². The van der Waals surface area contributed by atoms with E-state index < -0.39 is 4.92 Å². The van der Waals surface area contributed by atoms with Gasteiger partial charge < -0.3 is 0 Å². The summed E-state index contributed by atoms with van der Waals surface area (Å²) in [6, 6.07) is 3.65. The summed E-state index contributed by atoms with van der Waals surface area (Å²) in [7, 11) is 0. The van der Waals surface area contributed by atoms with Crippen LogP contribution in [-0.4, -0.2) is 19.5 Å². The van der Waals surface area contributed by atoms with Crippen LogP contribution in [0, 0.1) is 10.1 Å². The summed E-state index contributed by atoms with van der Waals surface area (Å²) in [6.45, 7) is 0. The molecule has 0 fully saturated rings. The Morgan fingerprint density at radius 1 is 1.21 bits per heavy atom. The van der Waals surface area contributed by atoms with Gasteiger partial charge >= 0.3 is 5.69 Å². The van der Waals surface area contributed by atoms with E-state index in [0.717, 1.165) is 0 Å². The molecule has 14 heavy (non-hydrogen) atoms. The first-order valence-corrected chi connectivity index (χ1v) is 3.87. The van der Waals surface area contributed by atoms with Gasteiger partial charge in [-0.05, 0) is 12.1 Å². The van der Waals surface area contributed by atoms with Gasteiger partial charge in [0.2, 0.25) is 5.95 Å². The quantitative estimate of drug-likeness (QED) is 0.526. The Balaban J connectivity index is 2.36. The first-order chi connectivity index (χ1) is 6.77. The van der Waals surface area contributed by atoms with E-state index >= 15 is 0 Å². The van der Waals surface area contributed by atoms with Crippen LogP contribution in [0.15, 0.2) is 36.9 Å². The summed E-state index contributed by atoms with van der Waals surface area (Å²) >= 11 is 0. The van der Waals surface area contributed by atoms with Crippen LogP contribution < -0.4 is 0 Å². The molecule has 2 rings (SSSR count). The van der Waals surface area contributed by atoms with Crippen LogP contribution in [0.2, 0.25) is 0 Å². The average Bonchev–Trinajstić information content (AvgIpc) is 2.71. The highest BCUT2D eigenvalue weighted by molar-refractivity contribution is 5.25. The monoisotopic (exact) mass is 190 g/mol. The van der Waals surface area contributed by atoms with Crippen LogP contribution in [0.5, 0.6) is 0 Å². The third-order valence-electron chi connectivity index (χ3n) is 1.67. The van der Waals surface area contributed by atoms with E-state index in [0.29, 0.717) is 5.95 Å². The highest BCUT2D eigenvalue weighted by atomic mass is 16.6. The number of rotatable bonds is 2. The zero-order chi connectivity index (χ0) is 9.97. The van der Waals surface area contributed by atoms with Crippen molar-refractivity contribution in [1.29, 1.82) is 0 Å².